The fraction of sp³-hybridized carbons (Fsp3) is 0.348. The van der Waals surface area contributed by atoms with E-state index in [9.17, 15) is 9.50 Å². The number of terminal acetylenes is 1. The van der Waals surface area contributed by atoms with Crippen molar-refractivity contribution in [3.8, 4) is 12.3 Å². The highest BCUT2D eigenvalue weighted by atomic mass is 35.5. The van der Waals surface area contributed by atoms with Crippen molar-refractivity contribution in [1.82, 2.24) is 4.90 Å². The summed E-state index contributed by atoms with van der Waals surface area (Å²) in [4.78, 5) is 7.52. The van der Waals surface area contributed by atoms with E-state index >= 15 is 0 Å². The van der Waals surface area contributed by atoms with E-state index in [0.29, 0.717) is 35.1 Å². The molecule has 0 saturated carbocycles. The fourth-order valence-electron chi connectivity index (χ4n) is 3.34. The van der Waals surface area contributed by atoms with Gasteiger partial charge in [-0.1, -0.05) is 58.5 Å². The molecule has 2 atom stereocenters. The van der Waals surface area contributed by atoms with E-state index in [4.69, 9.17) is 39.2 Å². The van der Waals surface area contributed by atoms with Gasteiger partial charge in [0.2, 0.25) is 0 Å². The maximum absolute atomic E-state index is 14.2. The van der Waals surface area contributed by atoms with E-state index in [1.54, 1.807) is 30.3 Å². The summed E-state index contributed by atoms with van der Waals surface area (Å²) in [7, 11) is 0. The molecule has 0 radical (unpaired) electrons. The molecule has 2 aromatic rings. The van der Waals surface area contributed by atoms with Gasteiger partial charge in [-0.2, -0.15) is 0 Å². The van der Waals surface area contributed by atoms with Crippen LogP contribution in [-0.2, 0) is 16.1 Å². The molecule has 1 N–H and O–H groups in total. The van der Waals surface area contributed by atoms with Crippen LogP contribution in [0, 0.1) is 18.2 Å². The number of oxime groups is 1. The van der Waals surface area contributed by atoms with Crippen LogP contribution in [-0.4, -0.2) is 54.2 Å². The first-order valence-corrected chi connectivity index (χ1v) is 10.5. The molecule has 0 amide bonds. The van der Waals surface area contributed by atoms with Gasteiger partial charge in [-0.05, 0) is 18.2 Å². The largest absolute Gasteiger partial charge is 0.390 e. The lowest BCUT2D eigenvalue weighted by atomic mass is 10.0. The number of hydrogen-bond acceptors (Lipinski definition) is 5. The molecule has 1 aliphatic heterocycles. The van der Waals surface area contributed by atoms with Gasteiger partial charge in [-0.3, -0.25) is 4.90 Å². The van der Waals surface area contributed by atoms with Crippen LogP contribution in [0.5, 0.6) is 0 Å². The monoisotopic (exact) mass is 464 g/mol. The van der Waals surface area contributed by atoms with Crippen LogP contribution >= 0.6 is 23.2 Å². The Hall–Kier alpha value is -2.14. The average Bonchev–Trinajstić information content (AvgIpc) is 3.20. The summed E-state index contributed by atoms with van der Waals surface area (Å²) in [6, 6.07) is 11.9. The SMILES string of the molecule is C#CCOC[C@H](O)CN(Cc1ccccc1F)C[C@@H]1CC(c2ccc(Cl)c(Cl)c2)=NO1. The number of benzene rings is 2. The van der Waals surface area contributed by atoms with Crippen LogP contribution in [0.3, 0.4) is 0 Å². The van der Waals surface area contributed by atoms with Crippen molar-refractivity contribution in [2.24, 2.45) is 5.16 Å². The van der Waals surface area contributed by atoms with Crippen molar-refractivity contribution in [2.75, 3.05) is 26.3 Å². The summed E-state index contributed by atoms with van der Waals surface area (Å²) in [6.45, 7) is 1.22. The minimum Gasteiger partial charge on any atom is -0.390 e. The van der Waals surface area contributed by atoms with Crippen LogP contribution in [0.25, 0.3) is 0 Å². The Labute approximate surface area is 191 Å². The lowest BCUT2D eigenvalue weighted by Crippen LogP contribution is -2.39. The molecule has 5 nitrogen and oxygen atoms in total. The van der Waals surface area contributed by atoms with Crippen molar-refractivity contribution in [1.29, 1.82) is 0 Å². The molecule has 2 aromatic carbocycles. The topological polar surface area (TPSA) is 54.3 Å². The third-order valence-electron chi connectivity index (χ3n) is 4.76. The number of rotatable bonds is 10. The number of aliphatic hydroxyl groups excluding tert-OH is 1. The normalized spacial score (nSPS) is 16.6. The average molecular weight is 465 g/mol. The Morgan fingerprint density at radius 3 is 2.84 bits per heavy atom. The molecule has 0 aliphatic carbocycles. The molecule has 0 bridgehead atoms. The third-order valence-corrected chi connectivity index (χ3v) is 5.50. The third kappa shape index (κ3) is 6.93. The first kappa shape index (κ1) is 23.5. The van der Waals surface area contributed by atoms with Crippen molar-refractivity contribution in [3.05, 3.63) is 69.5 Å². The van der Waals surface area contributed by atoms with Crippen LogP contribution in [0.4, 0.5) is 4.39 Å². The standard InChI is InChI=1S/C23H23Cl2FN2O3/c1-2-9-30-15-18(29)13-28(12-17-5-3-4-6-22(17)26)14-19-11-23(27-31-19)16-7-8-20(24)21(25)10-16/h1,3-8,10,18-19,29H,9,11-15H2/t18-,19+/m1/s1. The lowest BCUT2D eigenvalue weighted by Gasteiger charge is -2.27. The minimum absolute atomic E-state index is 0.0918. The summed E-state index contributed by atoms with van der Waals surface area (Å²) in [5.41, 5.74) is 2.12. The van der Waals surface area contributed by atoms with Crippen molar-refractivity contribution >= 4 is 28.9 Å². The van der Waals surface area contributed by atoms with Crippen LogP contribution in [0.2, 0.25) is 10.0 Å². The van der Waals surface area contributed by atoms with Gasteiger partial charge in [-0.25, -0.2) is 4.39 Å². The number of hydrogen-bond donors (Lipinski definition) is 1. The summed E-state index contributed by atoms with van der Waals surface area (Å²) in [6.07, 6.45) is 4.68. The highest BCUT2D eigenvalue weighted by Gasteiger charge is 2.26. The van der Waals surface area contributed by atoms with Gasteiger partial charge in [0.25, 0.3) is 0 Å². The molecule has 0 saturated heterocycles. The van der Waals surface area contributed by atoms with Gasteiger partial charge in [0.05, 0.1) is 28.5 Å². The van der Waals surface area contributed by atoms with Gasteiger partial charge in [-0.15, -0.1) is 6.42 Å². The van der Waals surface area contributed by atoms with Crippen molar-refractivity contribution < 1.29 is 19.1 Å². The summed E-state index contributed by atoms with van der Waals surface area (Å²) in [5, 5.41) is 15.4. The Bertz CT molecular complexity index is 964. The van der Waals surface area contributed by atoms with Gasteiger partial charge >= 0.3 is 0 Å². The minimum atomic E-state index is -0.781. The number of halogens is 3. The molecular weight excluding hydrogens is 442 g/mol. The van der Waals surface area contributed by atoms with Crippen molar-refractivity contribution in [2.45, 2.75) is 25.2 Å². The molecule has 1 heterocycles. The predicted octanol–water partition coefficient (Wildman–Crippen LogP) is 4.14. The van der Waals surface area contributed by atoms with E-state index in [2.05, 4.69) is 11.1 Å². The molecule has 31 heavy (non-hydrogen) atoms. The summed E-state index contributed by atoms with van der Waals surface area (Å²) >= 11 is 12.1. The van der Waals surface area contributed by atoms with Crippen LogP contribution < -0.4 is 0 Å². The van der Waals surface area contributed by atoms with E-state index in [1.165, 1.54) is 6.07 Å². The lowest BCUT2D eigenvalue weighted by molar-refractivity contribution is 0.00392. The quantitative estimate of drug-likeness (QED) is 0.424. The maximum atomic E-state index is 14.2. The molecule has 8 heteroatoms. The van der Waals surface area contributed by atoms with Gasteiger partial charge in [0.1, 0.15) is 18.5 Å². The predicted molar refractivity (Wildman–Crippen MR) is 120 cm³/mol. The molecule has 164 valence electrons. The van der Waals surface area contributed by atoms with E-state index in [1.807, 2.05) is 11.0 Å². The molecule has 0 aromatic heterocycles. The molecule has 0 spiro atoms. The molecule has 3 rings (SSSR count). The maximum Gasteiger partial charge on any atom is 0.145 e. The summed E-state index contributed by atoms with van der Waals surface area (Å²) in [5.74, 6) is 2.06. The zero-order valence-corrected chi connectivity index (χ0v) is 18.3. The summed E-state index contributed by atoms with van der Waals surface area (Å²) < 4.78 is 19.4. The smallest absolute Gasteiger partial charge is 0.145 e. The second-order valence-electron chi connectivity index (χ2n) is 7.26. The Morgan fingerprint density at radius 1 is 1.29 bits per heavy atom. The number of ether oxygens (including phenoxy) is 1. The van der Waals surface area contributed by atoms with Gasteiger partial charge in [0, 0.05) is 37.2 Å². The molecule has 0 unspecified atom stereocenters. The second-order valence-corrected chi connectivity index (χ2v) is 8.07. The van der Waals surface area contributed by atoms with Crippen LogP contribution in [0.15, 0.2) is 47.6 Å². The Morgan fingerprint density at radius 2 is 2.10 bits per heavy atom. The van der Waals surface area contributed by atoms with Crippen molar-refractivity contribution in [3.63, 3.8) is 0 Å². The Kier molecular flexibility index (Phi) is 8.70. The fourth-order valence-corrected chi connectivity index (χ4v) is 3.63. The van der Waals surface area contributed by atoms with E-state index in [-0.39, 0.29) is 31.7 Å². The highest BCUT2D eigenvalue weighted by Crippen LogP contribution is 2.26. The first-order valence-electron chi connectivity index (χ1n) is 9.79. The zero-order valence-electron chi connectivity index (χ0n) is 16.8. The van der Waals surface area contributed by atoms with E-state index in [0.717, 1.165) is 11.3 Å². The van der Waals surface area contributed by atoms with Gasteiger partial charge < -0.3 is 14.7 Å². The molecule has 0 fully saturated rings. The number of nitrogens with zero attached hydrogens (tertiary/aromatic N) is 2. The first-order chi connectivity index (χ1) is 15.0. The van der Waals surface area contributed by atoms with E-state index < -0.39 is 6.10 Å². The van der Waals surface area contributed by atoms with Gasteiger partial charge in [0.15, 0.2) is 0 Å². The Balaban J connectivity index is 1.64. The highest BCUT2D eigenvalue weighted by molar-refractivity contribution is 6.42. The molecule has 1 aliphatic rings. The zero-order chi connectivity index (χ0) is 22.2. The molecular formula is C23H23Cl2FN2O3. The second kappa shape index (κ2) is 11.5. The number of aliphatic hydroxyl groups is 1. The van der Waals surface area contributed by atoms with Crippen LogP contribution in [0.1, 0.15) is 17.5 Å².